The van der Waals surface area contributed by atoms with Crippen LogP contribution in [0.4, 0.5) is 0 Å². The fraction of sp³-hybridized carbons (Fsp3) is 0.600. The monoisotopic (exact) mass is 266 g/mol. The highest BCUT2D eigenvalue weighted by molar-refractivity contribution is 5.29. The molecule has 0 amide bonds. The Morgan fingerprint density at radius 2 is 1.89 bits per heavy atom. The van der Waals surface area contributed by atoms with Crippen LogP contribution in [0.1, 0.15) is 24.5 Å². The van der Waals surface area contributed by atoms with Gasteiger partial charge in [0.2, 0.25) is 0 Å². The summed E-state index contributed by atoms with van der Waals surface area (Å²) in [6, 6.07) is 7.97. The minimum Gasteiger partial charge on any atom is -0.497 e. The van der Waals surface area contributed by atoms with E-state index in [0.717, 1.165) is 30.8 Å². The first-order chi connectivity index (χ1) is 9.30. The number of benzene rings is 1. The molecular weight excluding hydrogens is 244 g/mol. The molecule has 0 saturated carbocycles. The van der Waals surface area contributed by atoms with Crippen LogP contribution in [0, 0.1) is 5.92 Å². The van der Waals surface area contributed by atoms with E-state index in [4.69, 9.17) is 18.9 Å². The van der Waals surface area contributed by atoms with E-state index in [1.807, 2.05) is 24.3 Å². The van der Waals surface area contributed by atoms with E-state index in [2.05, 4.69) is 0 Å². The number of rotatable bonds is 5. The lowest BCUT2D eigenvalue weighted by Gasteiger charge is -2.35. The Kier molecular flexibility index (Phi) is 5.19. The molecule has 1 fully saturated rings. The average molecular weight is 266 g/mol. The zero-order valence-electron chi connectivity index (χ0n) is 11.8. The molecule has 1 heterocycles. The molecule has 1 aliphatic rings. The summed E-state index contributed by atoms with van der Waals surface area (Å²) in [5, 5.41) is 0. The van der Waals surface area contributed by atoms with E-state index >= 15 is 0 Å². The smallest absolute Gasteiger partial charge is 0.162 e. The largest absolute Gasteiger partial charge is 0.497 e. The van der Waals surface area contributed by atoms with Crippen molar-refractivity contribution in [3.05, 3.63) is 29.8 Å². The molecule has 0 radical (unpaired) electrons. The van der Waals surface area contributed by atoms with Gasteiger partial charge >= 0.3 is 0 Å². The molecule has 4 heteroatoms. The van der Waals surface area contributed by atoms with Crippen LogP contribution in [0.2, 0.25) is 0 Å². The summed E-state index contributed by atoms with van der Waals surface area (Å²) < 4.78 is 21.9. The van der Waals surface area contributed by atoms with Gasteiger partial charge in [0, 0.05) is 26.7 Å². The zero-order chi connectivity index (χ0) is 13.7. The first kappa shape index (κ1) is 14.3. The fourth-order valence-corrected chi connectivity index (χ4v) is 2.67. The molecule has 106 valence electrons. The SMILES string of the molecule is COc1ccc(C(OC)C2CCCOC2OC)cc1. The zero-order valence-corrected chi connectivity index (χ0v) is 11.8. The molecule has 2 rings (SSSR count). The van der Waals surface area contributed by atoms with Crippen molar-refractivity contribution in [3.63, 3.8) is 0 Å². The predicted molar refractivity (Wildman–Crippen MR) is 72.2 cm³/mol. The van der Waals surface area contributed by atoms with E-state index < -0.39 is 0 Å². The second-order valence-corrected chi connectivity index (χ2v) is 4.71. The van der Waals surface area contributed by atoms with Crippen LogP contribution in [0.25, 0.3) is 0 Å². The Bertz CT molecular complexity index is 376. The van der Waals surface area contributed by atoms with Gasteiger partial charge in [-0.05, 0) is 30.5 Å². The quantitative estimate of drug-likeness (QED) is 0.821. The number of hydrogen-bond acceptors (Lipinski definition) is 4. The Labute approximate surface area is 114 Å². The third-order valence-electron chi connectivity index (χ3n) is 3.63. The summed E-state index contributed by atoms with van der Waals surface area (Å²) in [5.74, 6) is 1.07. The van der Waals surface area contributed by atoms with Gasteiger partial charge < -0.3 is 18.9 Å². The van der Waals surface area contributed by atoms with E-state index in [-0.39, 0.29) is 18.3 Å². The van der Waals surface area contributed by atoms with Crippen molar-refractivity contribution < 1.29 is 18.9 Å². The Morgan fingerprint density at radius 1 is 1.16 bits per heavy atom. The molecule has 0 spiro atoms. The molecule has 3 unspecified atom stereocenters. The molecule has 0 bridgehead atoms. The van der Waals surface area contributed by atoms with Crippen molar-refractivity contribution in [2.24, 2.45) is 5.92 Å². The second-order valence-electron chi connectivity index (χ2n) is 4.71. The minimum absolute atomic E-state index is 0.0174. The van der Waals surface area contributed by atoms with Crippen molar-refractivity contribution >= 4 is 0 Å². The van der Waals surface area contributed by atoms with Gasteiger partial charge in [0.05, 0.1) is 13.2 Å². The maximum Gasteiger partial charge on any atom is 0.162 e. The first-order valence-electron chi connectivity index (χ1n) is 6.61. The topological polar surface area (TPSA) is 36.9 Å². The summed E-state index contributed by atoms with van der Waals surface area (Å²) in [7, 11) is 5.08. The van der Waals surface area contributed by atoms with Gasteiger partial charge in [-0.2, -0.15) is 0 Å². The summed E-state index contributed by atoms with van der Waals surface area (Å²) in [5.41, 5.74) is 1.13. The van der Waals surface area contributed by atoms with Crippen LogP contribution in [0.5, 0.6) is 5.75 Å². The van der Waals surface area contributed by atoms with E-state index in [9.17, 15) is 0 Å². The van der Waals surface area contributed by atoms with Gasteiger partial charge in [-0.15, -0.1) is 0 Å². The molecular formula is C15H22O4. The molecule has 3 atom stereocenters. The van der Waals surface area contributed by atoms with Gasteiger partial charge in [-0.25, -0.2) is 0 Å². The first-order valence-corrected chi connectivity index (χ1v) is 6.61. The Hall–Kier alpha value is -1.10. The molecule has 0 N–H and O–H groups in total. The predicted octanol–water partition coefficient (Wildman–Crippen LogP) is 2.78. The molecule has 4 nitrogen and oxygen atoms in total. The molecule has 19 heavy (non-hydrogen) atoms. The van der Waals surface area contributed by atoms with Gasteiger partial charge in [0.25, 0.3) is 0 Å². The third kappa shape index (κ3) is 3.26. The van der Waals surface area contributed by atoms with E-state index in [0.29, 0.717) is 0 Å². The molecule has 1 aromatic rings. The lowest BCUT2D eigenvalue weighted by molar-refractivity contribution is -0.203. The standard InChI is InChI=1S/C15H22O4/c1-16-12-8-6-11(7-9-12)14(17-2)13-5-4-10-19-15(13)18-3/h6-9,13-15H,4-5,10H2,1-3H3. The van der Waals surface area contributed by atoms with Crippen molar-refractivity contribution in [2.45, 2.75) is 25.2 Å². The van der Waals surface area contributed by atoms with Gasteiger partial charge in [0.1, 0.15) is 5.75 Å². The van der Waals surface area contributed by atoms with Crippen LogP contribution < -0.4 is 4.74 Å². The molecule has 1 aromatic carbocycles. The summed E-state index contributed by atoms with van der Waals surface area (Å²) >= 11 is 0. The van der Waals surface area contributed by atoms with Crippen LogP contribution in [0.15, 0.2) is 24.3 Å². The minimum atomic E-state index is -0.194. The number of hydrogen-bond donors (Lipinski definition) is 0. The van der Waals surface area contributed by atoms with E-state index in [1.54, 1.807) is 21.3 Å². The highest BCUT2D eigenvalue weighted by Crippen LogP contribution is 2.36. The Balaban J connectivity index is 2.17. The third-order valence-corrected chi connectivity index (χ3v) is 3.63. The highest BCUT2D eigenvalue weighted by Gasteiger charge is 2.34. The molecule has 1 saturated heterocycles. The number of ether oxygens (including phenoxy) is 4. The van der Waals surface area contributed by atoms with Crippen molar-refractivity contribution in [2.75, 3.05) is 27.9 Å². The van der Waals surface area contributed by atoms with Gasteiger partial charge in [-0.3, -0.25) is 0 Å². The molecule has 1 aliphatic heterocycles. The van der Waals surface area contributed by atoms with Crippen molar-refractivity contribution in [3.8, 4) is 5.75 Å². The van der Waals surface area contributed by atoms with Gasteiger partial charge in [-0.1, -0.05) is 12.1 Å². The normalized spacial score (nSPS) is 25.0. The maximum absolute atomic E-state index is 5.68. The van der Waals surface area contributed by atoms with Crippen LogP contribution in [0.3, 0.4) is 0 Å². The van der Waals surface area contributed by atoms with Crippen LogP contribution in [-0.2, 0) is 14.2 Å². The maximum atomic E-state index is 5.68. The lowest BCUT2D eigenvalue weighted by Crippen LogP contribution is -2.35. The Morgan fingerprint density at radius 3 is 2.47 bits per heavy atom. The fourth-order valence-electron chi connectivity index (χ4n) is 2.67. The van der Waals surface area contributed by atoms with Crippen LogP contribution >= 0.6 is 0 Å². The summed E-state index contributed by atoms with van der Waals surface area (Å²) in [4.78, 5) is 0. The number of methoxy groups -OCH3 is 3. The second kappa shape index (κ2) is 6.89. The van der Waals surface area contributed by atoms with Crippen molar-refractivity contribution in [1.29, 1.82) is 0 Å². The van der Waals surface area contributed by atoms with E-state index in [1.165, 1.54) is 0 Å². The lowest BCUT2D eigenvalue weighted by atomic mass is 9.89. The van der Waals surface area contributed by atoms with Gasteiger partial charge in [0.15, 0.2) is 6.29 Å². The van der Waals surface area contributed by atoms with Crippen molar-refractivity contribution in [1.82, 2.24) is 0 Å². The highest BCUT2D eigenvalue weighted by atomic mass is 16.7. The summed E-state index contributed by atoms with van der Waals surface area (Å²) in [6.07, 6.45) is 1.88. The summed E-state index contributed by atoms with van der Waals surface area (Å²) in [6.45, 7) is 0.758. The van der Waals surface area contributed by atoms with Crippen LogP contribution in [-0.4, -0.2) is 34.2 Å². The molecule has 0 aliphatic carbocycles. The molecule has 0 aromatic heterocycles. The average Bonchev–Trinajstić information content (AvgIpc) is 2.49.